The van der Waals surface area contributed by atoms with Gasteiger partial charge in [0.1, 0.15) is 0 Å². The third-order valence-electron chi connectivity index (χ3n) is 1.92. The summed E-state index contributed by atoms with van der Waals surface area (Å²) in [5.41, 5.74) is 2.83. The Morgan fingerprint density at radius 1 is 1.46 bits per heavy atom. The molecule has 1 aromatic carbocycles. The molecule has 2 rings (SSSR count). The largest absolute Gasteiger partial charge is 0.341 e. The molecule has 1 aromatic rings. The number of rotatable bonds is 1. The number of carbonyl (C=O) groups excluding carboxylic acids is 1. The molecule has 1 heterocycles. The summed E-state index contributed by atoms with van der Waals surface area (Å²) < 4.78 is 0. The molecule has 0 fully saturated rings. The van der Waals surface area contributed by atoms with Crippen molar-refractivity contribution in [3.63, 3.8) is 0 Å². The van der Waals surface area contributed by atoms with E-state index in [1.165, 1.54) is 0 Å². The molecule has 0 spiro atoms. The van der Waals surface area contributed by atoms with E-state index in [9.17, 15) is 4.79 Å². The van der Waals surface area contributed by atoms with Crippen LogP contribution in [0.3, 0.4) is 0 Å². The van der Waals surface area contributed by atoms with Crippen LogP contribution in [0.1, 0.15) is 17.5 Å². The molecule has 3 heteroatoms. The van der Waals surface area contributed by atoms with Crippen molar-refractivity contribution in [2.24, 2.45) is 5.16 Å². The highest BCUT2D eigenvalue weighted by atomic mass is 16.7. The predicted octanol–water partition coefficient (Wildman–Crippen LogP) is 1.65. The second-order valence-corrected chi connectivity index (χ2v) is 3.05. The number of benzene rings is 1. The highest BCUT2D eigenvalue weighted by Gasteiger charge is 2.18. The third kappa shape index (κ3) is 1.59. The first-order valence-corrected chi connectivity index (χ1v) is 4.09. The number of nitrogens with zero attached hydrogens (tertiary/aromatic N) is 1. The van der Waals surface area contributed by atoms with Crippen molar-refractivity contribution < 1.29 is 9.63 Å². The molecule has 0 unspecified atom stereocenters. The Hall–Kier alpha value is -1.64. The molecule has 0 atom stereocenters. The molecular weight excluding hydrogens is 166 g/mol. The molecule has 3 nitrogen and oxygen atoms in total. The molecule has 66 valence electrons. The summed E-state index contributed by atoms with van der Waals surface area (Å²) in [6.45, 7) is 2.00. The molecular formula is C10H9NO2. The van der Waals surface area contributed by atoms with Crippen LogP contribution in [0, 0.1) is 6.92 Å². The Balaban J connectivity index is 2.31. The van der Waals surface area contributed by atoms with Crippen LogP contribution < -0.4 is 0 Å². The Morgan fingerprint density at radius 2 is 2.31 bits per heavy atom. The van der Waals surface area contributed by atoms with E-state index < -0.39 is 0 Å². The van der Waals surface area contributed by atoms with Gasteiger partial charge in [0.15, 0.2) is 0 Å². The zero-order valence-corrected chi connectivity index (χ0v) is 7.28. The van der Waals surface area contributed by atoms with Gasteiger partial charge in [0.25, 0.3) is 0 Å². The van der Waals surface area contributed by atoms with Gasteiger partial charge >= 0.3 is 5.97 Å². The van der Waals surface area contributed by atoms with Crippen LogP contribution in [-0.2, 0) is 9.63 Å². The minimum absolute atomic E-state index is 0.281. The maximum Gasteiger partial charge on any atom is 0.341 e. The summed E-state index contributed by atoms with van der Waals surface area (Å²) in [4.78, 5) is 15.3. The fraction of sp³-hybridized carbons (Fsp3) is 0.200. The molecule has 1 aliphatic heterocycles. The lowest BCUT2D eigenvalue weighted by molar-refractivity contribution is -0.140. The standard InChI is InChI=1S/C10H9NO2/c1-7-3-2-4-8(5-7)9-6-10(12)13-11-9/h2-5H,6H2,1H3. The topological polar surface area (TPSA) is 38.7 Å². The van der Waals surface area contributed by atoms with Gasteiger partial charge in [-0.3, -0.25) is 0 Å². The van der Waals surface area contributed by atoms with Gasteiger partial charge in [-0.25, -0.2) is 4.79 Å². The summed E-state index contributed by atoms with van der Waals surface area (Å²) in [6.07, 6.45) is 0.281. The number of carbonyl (C=O) groups is 1. The normalized spacial score (nSPS) is 15.5. The van der Waals surface area contributed by atoms with Crippen LogP contribution in [0.4, 0.5) is 0 Å². The summed E-state index contributed by atoms with van der Waals surface area (Å²) in [6, 6.07) is 7.85. The maximum atomic E-state index is 10.8. The number of hydrogen-bond acceptors (Lipinski definition) is 3. The van der Waals surface area contributed by atoms with Crippen molar-refractivity contribution in [2.45, 2.75) is 13.3 Å². The van der Waals surface area contributed by atoms with Gasteiger partial charge in [-0.2, -0.15) is 0 Å². The van der Waals surface area contributed by atoms with E-state index in [1.54, 1.807) is 0 Å². The van der Waals surface area contributed by atoms with E-state index >= 15 is 0 Å². The SMILES string of the molecule is Cc1cccc(C2=NOC(=O)C2)c1. The van der Waals surface area contributed by atoms with Gasteiger partial charge in [0, 0.05) is 5.56 Å². The molecule has 0 saturated carbocycles. The second kappa shape index (κ2) is 3.01. The number of hydrogen-bond donors (Lipinski definition) is 0. The molecule has 0 saturated heterocycles. The first-order valence-electron chi connectivity index (χ1n) is 4.09. The zero-order chi connectivity index (χ0) is 9.26. The minimum Gasteiger partial charge on any atom is -0.318 e. The van der Waals surface area contributed by atoms with Gasteiger partial charge in [-0.15, -0.1) is 0 Å². The van der Waals surface area contributed by atoms with Crippen molar-refractivity contribution in [3.8, 4) is 0 Å². The lowest BCUT2D eigenvalue weighted by atomic mass is 10.1. The zero-order valence-electron chi connectivity index (χ0n) is 7.28. The van der Waals surface area contributed by atoms with Gasteiger partial charge in [-0.1, -0.05) is 35.0 Å². The van der Waals surface area contributed by atoms with Crippen molar-refractivity contribution >= 4 is 11.7 Å². The van der Waals surface area contributed by atoms with Crippen LogP contribution in [0.15, 0.2) is 29.4 Å². The van der Waals surface area contributed by atoms with Crippen LogP contribution in [0.25, 0.3) is 0 Å². The average molecular weight is 175 g/mol. The minimum atomic E-state index is -0.281. The van der Waals surface area contributed by atoms with Gasteiger partial charge in [0.2, 0.25) is 0 Å². The van der Waals surface area contributed by atoms with Crippen LogP contribution in [-0.4, -0.2) is 11.7 Å². The van der Waals surface area contributed by atoms with E-state index in [-0.39, 0.29) is 12.4 Å². The van der Waals surface area contributed by atoms with E-state index in [4.69, 9.17) is 0 Å². The first-order chi connectivity index (χ1) is 6.25. The molecule has 1 aliphatic rings. The summed E-state index contributed by atoms with van der Waals surface area (Å²) in [7, 11) is 0. The molecule has 0 radical (unpaired) electrons. The van der Waals surface area contributed by atoms with E-state index in [2.05, 4.69) is 9.99 Å². The maximum absolute atomic E-state index is 10.8. The fourth-order valence-corrected chi connectivity index (χ4v) is 1.29. The smallest absolute Gasteiger partial charge is 0.318 e. The summed E-state index contributed by atoms with van der Waals surface area (Å²) >= 11 is 0. The first kappa shape index (κ1) is 7.98. The van der Waals surface area contributed by atoms with Crippen molar-refractivity contribution in [1.82, 2.24) is 0 Å². The highest BCUT2D eigenvalue weighted by Crippen LogP contribution is 2.12. The second-order valence-electron chi connectivity index (χ2n) is 3.05. The third-order valence-corrected chi connectivity index (χ3v) is 1.92. The molecule has 0 aromatic heterocycles. The highest BCUT2D eigenvalue weighted by molar-refractivity contribution is 6.11. The van der Waals surface area contributed by atoms with Crippen molar-refractivity contribution in [2.75, 3.05) is 0 Å². The summed E-state index contributed by atoms with van der Waals surface area (Å²) in [5, 5.41) is 3.70. The molecule has 0 amide bonds. The molecule has 0 aliphatic carbocycles. The van der Waals surface area contributed by atoms with E-state index in [0.29, 0.717) is 5.71 Å². The number of aryl methyl sites for hydroxylation is 1. The molecule has 13 heavy (non-hydrogen) atoms. The molecule has 0 bridgehead atoms. The lowest BCUT2D eigenvalue weighted by Crippen LogP contribution is -2.00. The van der Waals surface area contributed by atoms with Crippen LogP contribution in [0.2, 0.25) is 0 Å². The van der Waals surface area contributed by atoms with E-state index in [1.807, 2.05) is 31.2 Å². The molecule has 0 N–H and O–H groups in total. The van der Waals surface area contributed by atoms with Gasteiger partial charge < -0.3 is 4.84 Å². The fourth-order valence-electron chi connectivity index (χ4n) is 1.29. The quantitative estimate of drug-likeness (QED) is 0.608. The van der Waals surface area contributed by atoms with Crippen molar-refractivity contribution in [3.05, 3.63) is 35.4 Å². The Bertz CT molecular complexity index is 382. The van der Waals surface area contributed by atoms with E-state index in [0.717, 1.165) is 11.1 Å². The monoisotopic (exact) mass is 175 g/mol. The predicted molar refractivity (Wildman–Crippen MR) is 48.4 cm³/mol. The van der Waals surface area contributed by atoms with Crippen LogP contribution in [0.5, 0.6) is 0 Å². The van der Waals surface area contributed by atoms with Gasteiger partial charge in [-0.05, 0) is 6.92 Å². The summed E-state index contributed by atoms with van der Waals surface area (Å²) in [5.74, 6) is -0.281. The lowest BCUT2D eigenvalue weighted by Gasteiger charge is -1.97. The van der Waals surface area contributed by atoms with Crippen LogP contribution >= 0.6 is 0 Å². The Kier molecular flexibility index (Phi) is 1.85. The average Bonchev–Trinajstić information content (AvgIpc) is 2.52. The Morgan fingerprint density at radius 3 is 2.92 bits per heavy atom. The van der Waals surface area contributed by atoms with Crippen molar-refractivity contribution in [1.29, 1.82) is 0 Å². The Labute approximate surface area is 76.0 Å². The number of oxime groups is 1. The van der Waals surface area contributed by atoms with Gasteiger partial charge in [0.05, 0.1) is 12.1 Å².